The summed E-state index contributed by atoms with van der Waals surface area (Å²) in [6.07, 6.45) is 7.40. The van der Waals surface area contributed by atoms with Crippen molar-refractivity contribution in [3.05, 3.63) is 59.6 Å². The van der Waals surface area contributed by atoms with E-state index in [-0.39, 0.29) is 22.6 Å². The minimum atomic E-state index is -0.0479. The summed E-state index contributed by atoms with van der Waals surface area (Å²) >= 11 is 12.7. The molecule has 2 unspecified atom stereocenters. The van der Waals surface area contributed by atoms with Gasteiger partial charge in [0.05, 0.1) is 16.4 Å². The maximum Gasteiger partial charge on any atom is 0.242 e. The minimum Gasteiger partial charge on any atom is -0.325 e. The first kappa shape index (κ1) is 21.8. The van der Waals surface area contributed by atoms with Crippen molar-refractivity contribution in [2.45, 2.75) is 51.4 Å². The van der Waals surface area contributed by atoms with Crippen LogP contribution in [0.4, 0.5) is 11.4 Å². The molecular weight excluding hydrogens is 443 g/mol. The summed E-state index contributed by atoms with van der Waals surface area (Å²) < 4.78 is 1.27. The van der Waals surface area contributed by atoms with Gasteiger partial charge in [0, 0.05) is 24.6 Å². The zero-order chi connectivity index (χ0) is 22.3. The number of nitrogens with zero attached hydrogens (tertiary/aromatic N) is 1. The maximum absolute atomic E-state index is 13.1. The molecule has 4 nitrogen and oxygen atoms in total. The number of carbonyl (C=O) groups is 2. The van der Waals surface area contributed by atoms with Gasteiger partial charge in [-0.2, -0.15) is 0 Å². The summed E-state index contributed by atoms with van der Waals surface area (Å²) in [6.45, 7) is 0. The van der Waals surface area contributed by atoms with E-state index in [1.54, 1.807) is 6.07 Å². The number of benzene rings is 2. The molecule has 4 bridgehead atoms. The lowest BCUT2D eigenvalue weighted by Gasteiger charge is -2.62. The van der Waals surface area contributed by atoms with E-state index in [1.165, 1.54) is 10.8 Å². The van der Waals surface area contributed by atoms with Gasteiger partial charge in [0.1, 0.15) is 0 Å². The largest absolute Gasteiger partial charge is 0.325 e. The van der Waals surface area contributed by atoms with E-state index in [9.17, 15) is 9.59 Å². The van der Waals surface area contributed by atoms with E-state index in [4.69, 9.17) is 23.4 Å². The molecule has 0 saturated heterocycles. The van der Waals surface area contributed by atoms with Gasteiger partial charge in [-0.25, -0.2) is 4.42 Å². The highest BCUT2D eigenvalue weighted by molar-refractivity contribution is 6.36. The molecule has 0 heterocycles. The van der Waals surface area contributed by atoms with Crippen molar-refractivity contribution in [2.75, 3.05) is 9.74 Å². The molecule has 6 rings (SSSR count). The molecule has 4 saturated carbocycles. The van der Waals surface area contributed by atoms with Crippen molar-refractivity contribution in [3.63, 3.8) is 0 Å². The van der Waals surface area contributed by atoms with Crippen LogP contribution < -0.4 is 9.74 Å². The number of carbonyl (C=O) groups excluding carboxylic acids is 2. The summed E-state index contributed by atoms with van der Waals surface area (Å²) in [5, 5.41) is 3.56. The highest BCUT2D eigenvalue weighted by Gasteiger charge is 2.58. The summed E-state index contributed by atoms with van der Waals surface area (Å²) in [4.78, 5) is 26.1. The Morgan fingerprint density at radius 2 is 1.50 bits per heavy atom. The molecule has 2 amide bonds. The number of halogens is 2. The van der Waals surface area contributed by atoms with Crippen LogP contribution in [0.1, 0.15) is 51.4 Å². The predicted molar refractivity (Wildman–Crippen MR) is 129 cm³/mol. The van der Waals surface area contributed by atoms with Crippen LogP contribution in [0.2, 0.25) is 5.02 Å². The molecule has 0 radical (unpaired) electrons. The normalized spacial score (nSPS) is 30.2. The first-order valence-corrected chi connectivity index (χ1v) is 12.2. The van der Waals surface area contributed by atoms with Crippen molar-refractivity contribution in [3.8, 4) is 0 Å². The van der Waals surface area contributed by atoms with Crippen LogP contribution in [0.3, 0.4) is 0 Å². The van der Waals surface area contributed by atoms with E-state index in [1.807, 2.05) is 48.5 Å². The molecule has 168 valence electrons. The average molecular weight is 471 g/mol. The van der Waals surface area contributed by atoms with E-state index < -0.39 is 0 Å². The predicted octanol–water partition coefficient (Wildman–Crippen LogP) is 6.83. The molecule has 4 aliphatic rings. The lowest BCUT2D eigenvalue weighted by molar-refractivity contribution is -0.142. The Morgan fingerprint density at radius 1 is 0.906 bits per heavy atom. The molecule has 0 aliphatic heterocycles. The monoisotopic (exact) mass is 470 g/mol. The summed E-state index contributed by atoms with van der Waals surface area (Å²) in [5.74, 6) is 1.16. The molecule has 1 N–H and O–H groups in total. The van der Waals surface area contributed by atoms with E-state index in [0.717, 1.165) is 32.1 Å². The minimum absolute atomic E-state index is 0.0183. The first-order valence-electron chi connectivity index (χ1n) is 11.4. The van der Waals surface area contributed by atoms with Crippen LogP contribution in [-0.4, -0.2) is 11.8 Å². The van der Waals surface area contributed by atoms with Crippen LogP contribution in [0.15, 0.2) is 54.6 Å². The number of amides is 2. The third kappa shape index (κ3) is 4.27. The second-order valence-electron chi connectivity index (χ2n) is 10.4. The Hall–Kier alpha value is -2.04. The van der Waals surface area contributed by atoms with Crippen LogP contribution in [0, 0.1) is 22.7 Å². The molecule has 2 aromatic carbocycles. The number of anilines is 2. The highest BCUT2D eigenvalue weighted by Crippen LogP contribution is 2.67. The van der Waals surface area contributed by atoms with Crippen LogP contribution in [0.5, 0.6) is 0 Å². The smallest absolute Gasteiger partial charge is 0.242 e. The topological polar surface area (TPSA) is 49.4 Å². The fourth-order valence-electron chi connectivity index (χ4n) is 7.25. The molecule has 0 spiro atoms. The van der Waals surface area contributed by atoms with Crippen molar-refractivity contribution >= 4 is 46.6 Å². The van der Waals surface area contributed by atoms with Crippen molar-refractivity contribution in [1.29, 1.82) is 0 Å². The third-order valence-corrected chi connectivity index (χ3v) is 8.43. The van der Waals surface area contributed by atoms with Crippen LogP contribution >= 0.6 is 23.4 Å². The number of hydrogen-bond acceptors (Lipinski definition) is 2. The second-order valence-corrected chi connectivity index (χ2v) is 11.1. The lowest BCUT2D eigenvalue weighted by atomic mass is 9.43. The Morgan fingerprint density at radius 3 is 2.16 bits per heavy atom. The average Bonchev–Trinajstić information content (AvgIpc) is 2.73. The molecule has 32 heavy (non-hydrogen) atoms. The quantitative estimate of drug-likeness (QED) is 0.470. The fourth-order valence-corrected chi connectivity index (χ4v) is 7.61. The second kappa shape index (κ2) is 8.39. The standard InChI is InChI=1S/C26H28Cl2N2O2/c27-21-8-4-5-9-22(21)29-23(31)15-25-11-18-10-19(12-25)14-26(13-18,17-25)16-24(32)30(28)20-6-2-1-3-7-20/h1-9,18-19H,10-17H2,(H,29,31). The van der Waals surface area contributed by atoms with Gasteiger partial charge in [0.2, 0.25) is 11.8 Å². The molecular formula is C26H28Cl2N2O2. The van der Waals surface area contributed by atoms with Gasteiger partial charge < -0.3 is 5.32 Å². The first-order chi connectivity index (χ1) is 15.4. The Balaban J connectivity index is 1.31. The van der Waals surface area contributed by atoms with E-state index in [2.05, 4.69) is 5.32 Å². The molecule has 2 atom stereocenters. The van der Waals surface area contributed by atoms with Gasteiger partial charge >= 0.3 is 0 Å². The third-order valence-electron chi connectivity index (χ3n) is 7.71. The molecule has 0 aromatic heterocycles. The summed E-state index contributed by atoms with van der Waals surface area (Å²) in [7, 11) is 0. The van der Waals surface area contributed by atoms with Crippen molar-refractivity contribution < 1.29 is 9.59 Å². The fraction of sp³-hybridized carbons (Fsp3) is 0.462. The van der Waals surface area contributed by atoms with Gasteiger partial charge in [-0.3, -0.25) is 9.59 Å². The van der Waals surface area contributed by atoms with Crippen LogP contribution in [0.25, 0.3) is 0 Å². The number of rotatable bonds is 6. The van der Waals surface area contributed by atoms with Crippen molar-refractivity contribution in [2.24, 2.45) is 22.7 Å². The molecule has 6 heteroatoms. The number of para-hydroxylation sites is 2. The summed E-state index contributed by atoms with van der Waals surface area (Å²) in [6, 6.07) is 16.7. The van der Waals surface area contributed by atoms with Gasteiger partial charge in [-0.05, 0) is 85.5 Å². The maximum atomic E-state index is 13.1. The molecule has 4 aliphatic carbocycles. The van der Waals surface area contributed by atoms with Gasteiger partial charge in [0.25, 0.3) is 0 Å². The Labute approximate surface area is 199 Å². The molecule has 4 fully saturated rings. The van der Waals surface area contributed by atoms with Gasteiger partial charge in [-0.15, -0.1) is 0 Å². The Kier molecular flexibility index (Phi) is 5.71. The van der Waals surface area contributed by atoms with Gasteiger partial charge in [0.15, 0.2) is 0 Å². The van der Waals surface area contributed by atoms with E-state index >= 15 is 0 Å². The number of hydrogen-bond donors (Lipinski definition) is 1. The SMILES string of the molecule is O=C(CC12CC3CC(C1)CC(CC(=O)N(Cl)c1ccccc1)(C3)C2)Nc1ccccc1Cl. The lowest BCUT2D eigenvalue weighted by Crippen LogP contribution is -2.54. The number of nitrogens with one attached hydrogen (secondary N) is 1. The zero-order valence-corrected chi connectivity index (χ0v) is 19.5. The molecule has 2 aromatic rings. The summed E-state index contributed by atoms with van der Waals surface area (Å²) in [5.41, 5.74) is 1.29. The van der Waals surface area contributed by atoms with Crippen LogP contribution in [-0.2, 0) is 9.59 Å². The van der Waals surface area contributed by atoms with Gasteiger partial charge in [-0.1, -0.05) is 41.9 Å². The zero-order valence-electron chi connectivity index (χ0n) is 18.0. The Bertz CT molecular complexity index is 1010. The van der Waals surface area contributed by atoms with E-state index in [0.29, 0.717) is 41.1 Å². The van der Waals surface area contributed by atoms with Crippen molar-refractivity contribution in [1.82, 2.24) is 0 Å². The highest BCUT2D eigenvalue weighted by atomic mass is 35.5.